The van der Waals surface area contributed by atoms with Crippen LogP contribution in [0.5, 0.6) is 5.75 Å². The van der Waals surface area contributed by atoms with Crippen molar-refractivity contribution < 1.29 is 18.7 Å². The van der Waals surface area contributed by atoms with Crippen LogP contribution in [-0.4, -0.2) is 30.4 Å². The van der Waals surface area contributed by atoms with Crippen LogP contribution in [0.3, 0.4) is 0 Å². The van der Waals surface area contributed by atoms with Crippen molar-refractivity contribution >= 4 is 28.5 Å². The van der Waals surface area contributed by atoms with Crippen LogP contribution in [0, 0.1) is 6.92 Å². The minimum absolute atomic E-state index is 0.0752. The number of carbonyl (C=O) groups is 2. The Hall–Kier alpha value is -5.17. The van der Waals surface area contributed by atoms with Gasteiger partial charge >= 0.3 is 0 Å². The Kier molecular flexibility index (Phi) is 5.97. The van der Waals surface area contributed by atoms with Gasteiger partial charge in [0.25, 0.3) is 11.8 Å². The van der Waals surface area contributed by atoms with Gasteiger partial charge in [-0.15, -0.1) is 0 Å². The van der Waals surface area contributed by atoms with Gasteiger partial charge in [0, 0.05) is 12.1 Å². The SMILES string of the molecule is COc1ccc(CCN2C(=O)c3oc4ccccc4c(=O)c3C23C(=O)N(Cc2ccc(C)cc2)c2ccccc23)cc1. The fraction of sp³-hybridized carbons (Fsp3) is 0.171. The first-order chi connectivity index (χ1) is 20.4. The highest BCUT2D eigenvalue weighted by Crippen LogP contribution is 2.52. The number of rotatable bonds is 6. The second-order valence-corrected chi connectivity index (χ2v) is 10.8. The van der Waals surface area contributed by atoms with Gasteiger partial charge in [0.15, 0.2) is 11.0 Å². The third kappa shape index (κ3) is 3.70. The van der Waals surface area contributed by atoms with Gasteiger partial charge in [-0.3, -0.25) is 14.4 Å². The Bertz CT molecular complexity index is 1930. The molecule has 0 saturated heterocycles. The normalized spacial score (nSPS) is 17.3. The van der Waals surface area contributed by atoms with Crippen molar-refractivity contribution in [3.8, 4) is 5.75 Å². The third-order valence-corrected chi connectivity index (χ3v) is 8.39. The van der Waals surface area contributed by atoms with E-state index in [0.717, 1.165) is 22.4 Å². The average molecular weight is 557 g/mol. The van der Waals surface area contributed by atoms with E-state index in [1.165, 1.54) is 0 Å². The maximum Gasteiger partial charge on any atom is 0.291 e. The van der Waals surface area contributed by atoms with E-state index in [1.54, 1.807) is 41.2 Å². The molecule has 2 aliphatic heterocycles. The Morgan fingerprint density at radius 1 is 0.810 bits per heavy atom. The summed E-state index contributed by atoms with van der Waals surface area (Å²) in [5, 5.41) is 0.336. The molecule has 5 aromatic rings. The van der Waals surface area contributed by atoms with Crippen LogP contribution >= 0.6 is 0 Å². The van der Waals surface area contributed by atoms with E-state index in [2.05, 4.69) is 0 Å². The highest BCUT2D eigenvalue weighted by atomic mass is 16.5. The Labute approximate surface area is 242 Å². The first-order valence-corrected chi connectivity index (χ1v) is 13.9. The molecular weight excluding hydrogens is 528 g/mol. The molecule has 1 aromatic heterocycles. The molecule has 0 radical (unpaired) electrons. The van der Waals surface area contributed by atoms with E-state index in [0.29, 0.717) is 35.2 Å². The standard InChI is InChI=1S/C35H28N2O5/c1-22-11-13-24(14-12-22)21-36-28-9-5-4-8-27(28)35(34(36)40)30-31(38)26-7-3-6-10-29(26)42-32(30)33(39)37(35)20-19-23-15-17-25(41-2)18-16-23/h3-18H,19-21H2,1-2H3. The molecule has 0 bridgehead atoms. The van der Waals surface area contributed by atoms with E-state index in [4.69, 9.17) is 9.15 Å². The summed E-state index contributed by atoms with van der Waals surface area (Å²) in [6, 6.07) is 29.9. The lowest BCUT2D eigenvalue weighted by molar-refractivity contribution is -0.126. The summed E-state index contributed by atoms with van der Waals surface area (Å²) in [6.07, 6.45) is 0.465. The molecule has 0 fully saturated rings. The summed E-state index contributed by atoms with van der Waals surface area (Å²) in [4.78, 5) is 46.6. The molecule has 2 aliphatic rings. The predicted molar refractivity (Wildman–Crippen MR) is 160 cm³/mol. The van der Waals surface area contributed by atoms with Gasteiger partial charge < -0.3 is 19.0 Å². The number of para-hydroxylation sites is 2. The molecule has 4 aromatic carbocycles. The number of amides is 2. The Balaban J connectivity index is 1.42. The molecule has 7 nitrogen and oxygen atoms in total. The summed E-state index contributed by atoms with van der Waals surface area (Å²) in [7, 11) is 1.61. The average Bonchev–Trinajstić information content (AvgIpc) is 3.41. The second kappa shape index (κ2) is 9.73. The van der Waals surface area contributed by atoms with Gasteiger partial charge in [0.2, 0.25) is 5.76 Å². The summed E-state index contributed by atoms with van der Waals surface area (Å²) >= 11 is 0. The maximum absolute atomic E-state index is 14.9. The molecule has 0 N–H and O–H groups in total. The molecule has 1 spiro atoms. The van der Waals surface area contributed by atoms with E-state index in [-0.39, 0.29) is 29.2 Å². The van der Waals surface area contributed by atoms with Crippen molar-refractivity contribution in [1.82, 2.24) is 4.90 Å². The first-order valence-electron chi connectivity index (χ1n) is 13.9. The smallest absolute Gasteiger partial charge is 0.291 e. The zero-order chi connectivity index (χ0) is 29.0. The zero-order valence-electron chi connectivity index (χ0n) is 23.3. The molecular formula is C35H28N2O5. The van der Waals surface area contributed by atoms with Crippen molar-refractivity contribution in [3.63, 3.8) is 0 Å². The molecule has 7 rings (SSSR count). The number of anilines is 1. The van der Waals surface area contributed by atoms with Crippen molar-refractivity contribution in [3.05, 3.63) is 141 Å². The van der Waals surface area contributed by atoms with E-state index in [1.807, 2.05) is 79.7 Å². The van der Waals surface area contributed by atoms with Crippen molar-refractivity contribution in [1.29, 1.82) is 0 Å². The monoisotopic (exact) mass is 556 g/mol. The predicted octanol–water partition coefficient (Wildman–Crippen LogP) is 5.60. The van der Waals surface area contributed by atoms with E-state index in [9.17, 15) is 14.4 Å². The van der Waals surface area contributed by atoms with Gasteiger partial charge in [-0.25, -0.2) is 0 Å². The number of carbonyl (C=O) groups excluding carboxylic acids is 2. The number of benzene rings is 4. The molecule has 0 aliphatic carbocycles. The van der Waals surface area contributed by atoms with Gasteiger partial charge in [0.05, 0.1) is 30.3 Å². The molecule has 0 saturated carbocycles. The summed E-state index contributed by atoms with van der Waals surface area (Å²) in [5.41, 5.74) is 2.69. The lowest BCUT2D eigenvalue weighted by Crippen LogP contribution is -2.53. The van der Waals surface area contributed by atoms with Crippen molar-refractivity contribution in [2.75, 3.05) is 18.6 Å². The number of methoxy groups -OCH3 is 1. The van der Waals surface area contributed by atoms with Crippen molar-refractivity contribution in [2.24, 2.45) is 0 Å². The second-order valence-electron chi connectivity index (χ2n) is 10.8. The van der Waals surface area contributed by atoms with Crippen LogP contribution in [0.2, 0.25) is 0 Å². The lowest BCUT2D eigenvalue weighted by Gasteiger charge is -2.34. The fourth-order valence-electron chi connectivity index (χ4n) is 6.30. The van der Waals surface area contributed by atoms with Crippen LogP contribution in [0.4, 0.5) is 5.69 Å². The Morgan fingerprint density at radius 2 is 1.50 bits per heavy atom. The highest BCUT2D eigenvalue weighted by Gasteiger charge is 2.64. The van der Waals surface area contributed by atoms with Crippen LogP contribution in [0.1, 0.15) is 38.4 Å². The number of nitrogens with zero attached hydrogens (tertiary/aromatic N) is 2. The van der Waals surface area contributed by atoms with Gasteiger partial charge in [-0.1, -0.05) is 72.3 Å². The molecule has 1 atom stereocenters. The van der Waals surface area contributed by atoms with Gasteiger partial charge in [-0.2, -0.15) is 0 Å². The first kappa shape index (κ1) is 25.8. The maximum atomic E-state index is 14.9. The topological polar surface area (TPSA) is 80.1 Å². The molecule has 42 heavy (non-hydrogen) atoms. The lowest BCUT2D eigenvalue weighted by atomic mass is 9.83. The molecule has 2 amide bonds. The summed E-state index contributed by atoms with van der Waals surface area (Å²) in [6.45, 7) is 2.51. The van der Waals surface area contributed by atoms with E-state index >= 15 is 0 Å². The summed E-state index contributed by atoms with van der Waals surface area (Å²) in [5.74, 6) is -0.155. The molecule has 1 unspecified atom stereocenters. The Morgan fingerprint density at radius 3 is 2.26 bits per heavy atom. The number of aryl methyl sites for hydroxylation is 1. The minimum Gasteiger partial charge on any atom is -0.497 e. The van der Waals surface area contributed by atoms with Crippen molar-refractivity contribution in [2.45, 2.75) is 25.4 Å². The molecule has 3 heterocycles. The zero-order valence-corrected chi connectivity index (χ0v) is 23.3. The largest absolute Gasteiger partial charge is 0.497 e. The summed E-state index contributed by atoms with van der Waals surface area (Å²) < 4.78 is 11.4. The van der Waals surface area contributed by atoms with Crippen LogP contribution in [-0.2, 0) is 23.3 Å². The quantitative estimate of drug-likeness (QED) is 0.272. The fourth-order valence-corrected chi connectivity index (χ4v) is 6.30. The van der Waals surface area contributed by atoms with Crippen LogP contribution in [0.15, 0.2) is 106 Å². The minimum atomic E-state index is -1.65. The van der Waals surface area contributed by atoms with Gasteiger partial charge in [-0.05, 0) is 54.8 Å². The number of hydrogen-bond acceptors (Lipinski definition) is 5. The third-order valence-electron chi connectivity index (χ3n) is 8.39. The van der Waals surface area contributed by atoms with Crippen LogP contribution < -0.4 is 15.1 Å². The number of ether oxygens (including phenoxy) is 1. The number of hydrogen-bond donors (Lipinski definition) is 0. The van der Waals surface area contributed by atoms with E-state index < -0.39 is 11.4 Å². The highest BCUT2D eigenvalue weighted by molar-refractivity contribution is 6.17. The van der Waals surface area contributed by atoms with Crippen LogP contribution in [0.25, 0.3) is 11.0 Å². The molecule has 208 valence electrons. The number of fused-ring (bicyclic) bond motifs is 5. The molecule has 7 heteroatoms. The van der Waals surface area contributed by atoms with Gasteiger partial charge in [0.1, 0.15) is 11.3 Å².